The van der Waals surface area contributed by atoms with Gasteiger partial charge in [-0.05, 0) is 36.3 Å². The molecule has 0 unspecified atom stereocenters. The molecular weight excluding hydrogens is 404 g/mol. The molecule has 0 radical (unpaired) electrons. The molecule has 2 N–H and O–H groups in total. The molecule has 0 aliphatic carbocycles. The van der Waals surface area contributed by atoms with Crippen molar-refractivity contribution in [3.05, 3.63) is 42.0 Å². The second-order valence-corrected chi connectivity index (χ2v) is 7.31. The van der Waals surface area contributed by atoms with Crippen LogP contribution in [0, 0.1) is 5.92 Å². The number of pyridine rings is 1. The molecule has 0 saturated carbocycles. The molecule has 176 valence electrons. The number of hydrogen-bond donors (Lipinski definition) is 2. The van der Waals surface area contributed by atoms with Crippen LogP contribution < -0.4 is 15.5 Å². The summed E-state index contributed by atoms with van der Waals surface area (Å²) in [5.41, 5.74) is 2.16. The molecule has 0 spiro atoms. The van der Waals surface area contributed by atoms with Gasteiger partial charge in [0.15, 0.2) is 0 Å². The Labute approximate surface area is 192 Å². The van der Waals surface area contributed by atoms with Crippen molar-refractivity contribution in [3.63, 3.8) is 0 Å². The molecule has 2 aromatic heterocycles. The van der Waals surface area contributed by atoms with Crippen molar-refractivity contribution >= 4 is 24.0 Å². The summed E-state index contributed by atoms with van der Waals surface area (Å²) in [6.07, 6.45) is 7.48. The first kappa shape index (κ1) is 27.0. The molecule has 1 aliphatic heterocycles. The third kappa shape index (κ3) is 8.24. The standard InChI is InChI=1S/C20H26N6O2.2C2H6/c1-14(2)16-3-4-18(21-10-16)19(28)22-9-15-5-7-26(8-6-15)20-23-11-17(12-24-20)25-13-27;2*1-2/h3-4,10-15H,5-9H2,1-2H3,(H,22,28)(H,25,27);2*1-2H3. The van der Waals surface area contributed by atoms with Crippen molar-refractivity contribution in [1.82, 2.24) is 20.3 Å². The second-order valence-electron chi connectivity index (χ2n) is 7.31. The molecular formula is C24H38N6O2. The van der Waals surface area contributed by atoms with E-state index in [1.807, 2.05) is 33.8 Å². The number of piperidine rings is 1. The highest BCUT2D eigenvalue weighted by Gasteiger charge is 2.21. The first-order chi connectivity index (χ1) is 15.6. The minimum Gasteiger partial charge on any atom is -0.350 e. The fourth-order valence-electron chi connectivity index (χ4n) is 3.17. The molecule has 8 nitrogen and oxygen atoms in total. The summed E-state index contributed by atoms with van der Waals surface area (Å²) in [6, 6.07) is 3.74. The Morgan fingerprint density at radius 3 is 2.19 bits per heavy atom. The molecule has 2 amide bonds. The van der Waals surface area contributed by atoms with Crippen LogP contribution in [0.2, 0.25) is 0 Å². The number of amides is 2. The van der Waals surface area contributed by atoms with Crippen molar-refractivity contribution in [1.29, 1.82) is 0 Å². The van der Waals surface area contributed by atoms with Gasteiger partial charge in [-0.25, -0.2) is 9.97 Å². The highest BCUT2D eigenvalue weighted by atomic mass is 16.2. The van der Waals surface area contributed by atoms with E-state index in [9.17, 15) is 9.59 Å². The lowest BCUT2D eigenvalue weighted by molar-refractivity contribution is -0.105. The fourth-order valence-corrected chi connectivity index (χ4v) is 3.17. The van der Waals surface area contributed by atoms with Crippen molar-refractivity contribution < 1.29 is 9.59 Å². The Hall–Kier alpha value is -3.03. The van der Waals surface area contributed by atoms with Crippen LogP contribution in [0.4, 0.5) is 11.6 Å². The van der Waals surface area contributed by atoms with Gasteiger partial charge in [-0.15, -0.1) is 0 Å². The van der Waals surface area contributed by atoms with Crippen molar-refractivity contribution in [2.24, 2.45) is 5.92 Å². The number of nitrogens with one attached hydrogen (secondary N) is 2. The minimum absolute atomic E-state index is 0.126. The van der Waals surface area contributed by atoms with Gasteiger partial charge in [-0.2, -0.15) is 0 Å². The van der Waals surface area contributed by atoms with Gasteiger partial charge < -0.3 is 15.5 Å². The summed E-state index contributed by atoms with van der Waals surface area (Å²) in [7, 11) is 0. The number of anilines is 2. The van der Waals surface area contributed by atoms with Gasteiger partial charge >= 0.3 is 0 Å². The lowest BCUT2D eigenvalue weighted by atomic mass is 9.97. The number of aromatic nitrogens is 3. The van der Waals surface area contributed by atoms with Crippen LogP contribution in [0.25, 0.3) is 0 Å². The number of rotatable bonds is 7. The normalized spacial score (nSPS) is 13.3. The average Bonchev–Trinajstić information content (AvgIpc) is 2.86. The van der Waals surface area contributed by atoms with Crippen LogP contribution in [0.15, 0.2) is 30.7 Å². The number of hydrogen-bond acceptors (Lipinski definition) is 6. The molecule has 3 rings (SSSR count). The highest BCUT2D eigenvalue weighted by molar-refractivity contribution is 5.92. The lowest BCUT2D eigenvalue weighted by Crippen LogP contribution is -2.39. The van der Waals surface area contributed by atoms with Crippen LogP contribution in [-0.2, 0) is 4.79 Å². The van der Waals surface area contributed by atoms with Crippen molar-refractivity contribution in [2.75, 3.05) is 29.9 Å². The maximum Gasteiger partial charge on any atom is 0.269 e. The van der Waals surface area contributed by atoms with Crippen LogP contribution in [0.3, 0.4) is 0 Å². The first-order valence-corrected chi connectivity index (χ1v) is 11.6. The third-order valence-corrected chi connectivity index (χ3v) is 5.00. The molecule has 0 bridgehead atoms. The Morgan fingerprint density at radius 2 is 1.69 bits per heavy atom. The Balaban J connectivity index is 0.00000121. The Bertz CT molecular complexity index is 785. The quantitative estimate of drug-likeness (QED) is 0.622. The summed E-state index contributed by atoms with van der Waals surface area (Å²) < 4.78 is 0. The van der Waals surface area contributed by atoms with E-state index in [0.717, 1.165) is 31.5 Å². The van der Waals surface area contributed by atoms with Gasteiger partial charge in [-0.1, -0.05) is 47.6 Å². The molecule has 0 atom stereocenters. The number of carbonyl (C=O) groups is 2. The number of nitrogens with zero attached hydrogens (tertiary/aromatic N) is 4. The number of carbonyl (C=O) groups excluding carboxylic acids is 2. The Morgan fingerprint density at radius 1 is 1.06 bits per heavy atom. The zero-order chi connectivity index (χ0) is 23.9. The van der Waals surface area contributed by atoms with Gasteiger partial charge in [0.2, 0.25) is 12.4 Å². The smallest absolute Gasteiger partial charge is 0.269 e. The van der Waals surface area contributed by atoms with Gasteiger partial charge in [0.1, 0.15) is 5.69 Å². The third-order valence-electron chi connectivity index (χ3n) is 5.00. The molecule has 1 fully saturated rings. The highest BCUT2D eigenvalue weighted by Crippen LogP contribution is 2.20. The molecule has 0 aromatic carbocycles. The summed E-state index contributed by atoms with van der Waals surface area (Å²) >= 11 is 0. The fraction of sp³-hybridized carbons (Fsp3) is 0.542. The predicted octanol–water partition coefficient (Wildman–Crippen LogP) is 4.26. The summed E-state index contributed by atoms with van der Waals surface area (Å²) in [5.74, 6) is 1.36. The van der Waals surface area contributed by atoms with Crippen LogP contribution in [-0.4, -0.2) is 46.9 Å². The van der Waals surface area contributed by atoms with Gasteiger partial charge in [0.25, 0.3) is 5.91 Å². The molecule has 8 heteroatoms. The van der Waals surface area contributed by atoms with E-state index in [-0.39, 0.29) is 5.91 Å². The molecule has 3 heterocycles. The predicted molar refractivity (Wildman–Crippen MR) is 130 cm³/mol. The Kier molecular flexibility index (Phi) is 12.6. The van der Waals surface area contributed by atoms with E-state index in [0.29, 0.717) is 42.1 Å². The average molecular weight is 443 g/mol. The van der Waals surface area contributed by atoms with Gasteiger partial charge in [-0.3, -0.25) is 14.6 Å². The van der Waals surface area contributed by atoms with E-state index in [4.69, 9.17) is 0 Å². The summed E-state index contributed by atoms with van der Waals surface area (Å²) in [4.78, 5) is 37.7. The van der Waals surface area contributed by atoms with E-state index in [1.165, 1.54) is 0 Å². The first-order valence-electron chi connectivity index (χ1n) is 11.6. The van der Waals surface area contributed by atoms with Gasteiger partial charge in [0, 0.05) is 25.8 Å². The van der Waals surface area contributed by atoms with E-state index >= 15 is 0 Å². The molecule has 32 heavy (non-hydrogen) atoms. The maximum atomic E-state index is 12.3. The topological polar surface area (TPSA) is 100 Å². The molecule has 2 aromatic rings. The van der Waals surface area contributed by atoms with Crippen molar-refractivity contribution in [3.8, 4) is 0 Å². The van der Waals surface area contributed by atoms with E-state index < -0.39 is 0 Å². The minimum atomic E-state index is -0.126. The zero-order valence-electron chi connectivity index (χ0n) is 20.3. The zero-order valence-corrected chi connectivity index (χ0v) is 20.3. The van der Waals surface area contributed by atoms with Gasteiger partial charge in [0.05, 0.1) is 18.1 Å². The lowest BCUT2D eigenvalue weighted by Gasteiger charge is -2.32. The van der Waals surface area contributed by atoms with Crippen LogP contribution in [0.5, 0.6) is 0 Å². The second kappa shape index (κ2) is 14.9. The van der Waals surface area contributed by atoms with E-state index in [1.54, 1.807) is 24.7 Å². The van der Waals surface area contributed by atoms with E-state index in [2.05, 4.69) is 44.3 Å². The van der Waals surface area contributed by atoms with Crippen LogP contribution in [0.1, 0.15) is 76.4 Å². The SMILES string of the molecule is CC.CC.CC(C)c1ccc(C(=O)NCC2CCN(c3ncc(NC=O)cn3)CC2)nc1. The van der Waals surface area contributed by atoms with Crippen LogP contribution >= 0.6 is 0 Å². The molecule has 1 aliphatic rings. The maximum absolute atomic E-state index is 12.3. The molecule has 1 saturated heterocycles. The van der Waals surface area contributed by atoms with Crippen molar-refractivity contribution in [2.45, 2.75) is 60.3 Å². The summed E-state index contributed by atoms with van der Waals surface area (Å²) in [6.45, 7) is 14.5. The summed E-state index contributed by atoms with van der Waals surface area (Å²) in [5, 5.41) is 5.53. The largest absolute Gasteiger partial charge is 0.350 e. The monoisotopic (exact) mass is 442 g/mol.